The number of hydrogen-bond donors (Lipinski definition) is 1. The number of fused-ring (bicyclic) bond motifs is 2. The Bertz CT molecular complexity index is 1700. The highest BCUT2D eigenvalue weighted by Gasteiger charge is 2.30. The van der Waals surface area contributed by atoms with Gasteiger partial charge in [0.05, 0.1) is 37.1 Å². The molecular weight excluding hydrogens is 594 g/mol. The molecule has 4 rings (SSSR count). The summed E-state index contributed by atoms with van der Waals surface area (Å²) in [4.78, 5) is 54.9. The number of carbonyl (C=O) groups is 4. The van der Waals surface area contributed by atoms with Gasteiger partial charge < -0.3 is 24.1 Å². The molecule has 0 fully saturated rings. The summed E-state index contributed by atoms with van der Waals surface area (Å²) in [5, 5.41) is 2.77. The second-order valence-electron chi connectivity index (χ2n) is 9.51. The highest BCUT2D eigenvalue weighted by molar-refractivity contribution is 7.92. The molecule has 2 aromatic heterocycles. The highest BCUT2D eigenvalue weighted by atomic mass is 32.2. The van der Waals surface area contributed by atoms with Gasteiger partial charge in [0.25, 0.3) is 5.91 Å². The van der Waals surface area contributed by atoms with E-state index in [-0.39, 0.29) is 21.9 Å². The smallest absolute Gasteiger partial charge is 0.341 e. The first-order valence-corrected chi connectivity index (χ1v) is 15.9. The van der Waals surface area contributed by atoms with E-state index in [9.17, 15) is 27.6 Å². The Labute approximate surface area is 243 Å². The third kappa shape index (κ3) is 7.02. The lowest BCUT2D eigenvalue weighted by atomic mass is 9.88. The van der Waals surface area contributed by atoms with Crippen LogP contribution < -0.4 is 14.9 Å². The average molecular weight is 624 g/mol. The van der Waals surface area contributed by atoms with E-state index in [0.717, 1.165) is 34.6 Å². The topological polar surface area (TPSA) is 159 Å². The number of esters is 2. The van der Waals surface area contributed by atoms with Crippen molar-refractivity contribution in [1.29, 1.82) is 0 Å². The van der Waals surface area contributed by atoms with Crippen LogP contribution in [0.2, 0.25) is 0 Å². The van der Waals surface area contributed by atoms with Crippen molar-refractivity contribution in [3.8, 4) is 5.75 Å². The Morgan fingerprint density at radius 2 is 1.85 bits per heavy atom. The summed E-state index contributed by atoms with van der Waals surface area (Å²) in [6.45, 7) is 1.84. The molecule has 12 nitrogen and oxygen atoms in total. The van der Waals surface area contributed by atoms with Gasteiger partial charge in [0.2, 0.25) is 5.91 Å². The molecule has 1 atom stereocenters. The molecule has 0 saturated carbocycles. The number of benzene rings is 1. The van der Waals surface area contributed by atoms with Crippen LogP contribution in [0.25, 0.3) is 10.2 Å². The Balaban J connectivity index is 1.54. The predicted molar refractivity (Wildman–Crippen MR) is 153 cm³/mol. The molecule has 2 heterocycles. The molecule has 1 aliphatic rings. The molecule has 1 aliphatic carbocycles. The zero-order valence-corrected chi connectivity index (χ0v) is 25.3. The van der Waals surface area contributed by atoms with E-state index in [1.165, 1.54) is 37.2 Å². The summed E-state index contributed by atoms with van der Waals surface area (Å²) in [7, 11) is -0.274. The van der Waals surface area contributed by atoms with E-state index < -0.39 is 45.1 Å². The van der Waals surface area contributed by atoms with Crippen molar-refractivity contribution < 1.29 is 41.8 Å². The summed E-state index contributed by atoms with van der Waals surface area (Å²) in [5.41, 5.74) is 1.63. The molecule has 1 N–H and O–H groups in total. The summed E-state index contributed by atoms with van der Waals surface area (Å²) in [5.74, 6) is -4.14. The van der Waals surface area contributed by atoms with Gasteiger partial charge in [-0.1, -0.05) is 18.3 Å². The van der Waals surface area contributed by atoms with Crippen molar-refractivity contribution in [3.05, 3.63) is 39.0 Å². The van der Waals surface area contributed by atoms with E-state index in [0.29, 0.717) is 28.3 Å². The quantitative estimate of drug-likeness (QED) is 0.353. The standard InChI is InChI=1S/C26H29N3O9S3/c1-14-5-7-16-18(9-14)39-24(23(16)25(33)38-4)27-20(30)12-41(34,35)13-21(31)28-26-29(11-22(32)37-3)17-8-6-15(36-2)10-19(17)40-26/h6,8,10,14H,5,7,9,11-13H2,1-4H3,(H,27,30). The Morgan fingerprint density at radius 1 is 1.10 bits per heavy atom. The van der Waals surface area contributed by atoms with Crippen LogP contribution in [0, 0.1) is 5.92 Å². The van der Waals surface area contributed by atoms with Crippen molar-refractivity contribution in [2.45, 2.75) is 32.7 Å². The maximum atomic E-state index is 12.8. The third-order valence-electron chi connectivity index (χ3n) is 6.47. The molecule has 15 heteroatoms. The van der Waals surface area contributed by atoms with E-state index in [1.54, 1.807) is 18.2 Å². The molecule has 41 heavy (non-hydrogen) atoms. The molecular formula is C26H29N3O9S3. The van der Waals surface area contributed by atoms with Gasteiger partial charge in [-0.25, -0.2) is 13.2 Å². The molecule has 3 aromatic rings. The number of sulfone groups is 1. The van der Waals surface area contributed by atoms with Gasteiger partial charge in [-0.15, -0.1) is 11.3 Å². The summed E-state index contributed by atoms with van der Waals surface area (Å²) in [6, 6.07) is 5.06. The summed E-state index contributed by atoms with van der Waals surface area (Å²) >= 11 is 2.30. The first-order chi connectivity index (χ1) is 19.4. The van der Waals surface area contributed by atoms with Gasteiger partial charge in [0, 0.05) is 4.88 Å². The Morgan fingerprint density at radius 3 is 2.54 bits per heavy atom. The largest absolute Gasteiger partial charge is 0.497 e. The Hall–Kier alpha value is -3.56. The van der Waals surface area contributed by atoms with Crippen LogP contribution in [-0.4, -0.2) is 69.6 Å². The van der Waals surface area contributed by atoms with E-state index in [2.05, 4.69) is 17.2 Å². The number of nitrogens with zero attached hydrogens (tertiary/aromatic N) is 2. The van der Waals surface area contributed by atoms with Crippen LogP contribution in [0.3, 0.4) is 0 Å². The minimum Gasteiger partial charge on any atom is -0.497 e. The lowest BCUT2D eigenvalue weighted by Gasteiger charge is -2.18. The van der Waals surface area contributed by atoms with Crippen LogP contribution in [0.15, 0.2) is 23.2 Å². The maximum Gasteiger partial charge on any atom is 0.341 e. The number of hydrogen-bond acceptors (Lipinski definition) is 11. The molecule has 1 aromatic carbocycles. The van der Waals surface area contributed by atoms with Gasteiger partial charge in [0.15, 0.2) is 14.6 Å². The fourth-order valence-electron chi connectivity index (χ4n) is 4.51. The van der Waals surface area contributed by atoms with Gasteiger partial charge in [-0.05, 0) is 48.9 Å². The molecule has 220 valence electrons. The van der Waals surface area contributed by atoms with Crippen LogP contribution >= 0.6 is 22.7 Å². The summed E-state index contributed by atoms with van der Waals surface area (Å²) in [6.07, 6.45) is 2.28. The van der Waals surface area contributed by atoms with Crippen LogP contribution in [0.5, 0.6) is 5.75 Å². The number of thiazole rings is 1. The second-order valence-corrected chi connectivity index (χ2v) is 13.7. The number of anilines is 1. The van der Waals surface area contributed by atoms with Crippen LogP contribution in [0.1, 0.15) is 34.1 Å². The minimum atomic E-state index is -4.23. The maximum absolute atomic E-state index is 12.8. The van der Waals surface area contributed by atoms with Gasteiger partial charge >= 0.3 is 11.9 Å². The summed E-state index contributed by atoms with van der Waals surface area (Å²) < 4.78 is 42.5. The van der Waals surface area contributed by atoms with Crippen LogP contribution in [-0.2, 0) is 53.1 Å². The highest BCUT2D eigenvalue weighted by Crippen LogP contribution is 2.40. The molecule has 0 saturated heterocycles. The molecule has 2 amide bonds. The first kappa shape index (κ1) is 30.4. The normalized spacial score (nSPS) is 15.3. The molecule has 0 spiro atoms. The number of carbonyl (C=O) groups excluding carboxylic acids is 4. The number of ether oxygens (including phenoxy) is 3. The minimum absolute atomic E-state index is 0.0874. The van der Waals surface area contributed by atoms with Gasteiger partial charge in [-0.2, -0.15) is 4.99 Å². The van der Waals surface area contributed by atoms with Crippen LogP contribution in [0.4, 0.5) is 5.00 Å². The average Bonchev–Trinajstić information content (AvgIpc) is 3.42. The number of rotatable bonds is 9. The van der Waals surface area contributed by atoms with E-state index in [1.807, 2.05) is 0 Å². The third-order valence-corrected chi connectivity index (χ3v) is 10.1. The molecule has 0 aliphatic heterocycles. The SMILES string of the molecule is COC(=O)Cn1c(=NC(=O)CS(=O)(=O)CC(=O)Nc2sc3c(c2C(=O)OC)CCC(C)C3)sc2cc(OC)ccc21. The molecule has 0 bridgehead atoms. The number of amides is 2. The monoisotopic (exact) mass is 623 g/mol. The lowest BCUT2D eigenvalue weighted by Crippen LogP contribution is -2.29. The van der Waals surface area contributed by atoms with Gasteiger partial charge in [-0.3, -0.25) is 14.4 Å². The number of nitrogens with one attached hydrogen (secondary N) is 1. The van der Waals surface area contributed by atoms with Crippen molar-refractivity contribution in [2.24, 2.45) is 10.9 Å². The zero-order valence-electron chi connectivity index (χ0n) is 22.8. The number of methoxy groups -OCH3 is 3. The second kappa shape index (κ2) is 12.5. The molecule has 1 unspecified atom stereocenters. The first-order valence-electron chi connectivity index (χ1n) is 12.5. The Kier molecular flexibility index (Phi) is 9.29. The fourth-order valence-corrected chi connectivity index (χ4v) is 8.01. The fraction of sp³-hybridized carbons (Fsp3) is 0.423. The number of thiophene rings is 1. The van der Waals surface area contributed by atoms with Crippen molar-refractivity contribution in [3.63, 3.8) is 0 Å². The van der Waals surface area contributed by atoms with E-state index in [4.69, 9.17) is 14.2 Å². The molecule has 0 radical (unpaired) electrons. The van der Waals surface area contributed by atoms with Gasteiger partial charge in [0.1, 0.15) is 28.8 Å². The number of aromatic nitrogens is 1. The zero-order chi connectivity index (χ0) is 29.9. The van der Waals surface area contributed by atoms with E-state index >= 15 is 0 Å². The van der Waals surface area contributed by atoms with Crippen molar-refractivity contribution in [1.82, 2.24) is 4.57 Å². The lowest BCUT2D eigenvalue weighted by molar-refractivity contribution is -0.141. The van der Waals surface area contributed by atoms with Crippen molar-refractivity contribution in [2.75, 3.05) is 38.2 Å². The van der Waals surface area contributed by atoms with Crippen molar-refractivity contribution >= 4 is 71.5 Å². The predicted octanol–water partition coefficient (Wildman–Crippen LogP) is 2.34.